The third-order valence-corrected chi connectivity index (χ3v) is 5.80. The standard InChI is InChI=1S/C16H21NO4S/c1-4-5-13-8-11-15(16(18)21-3)17(13)22(19,20)14-9-6-12(2)7-10-14/h4-7,9-10,13,15H,8,11H2,1-3H3/b5-4+/t13-,15+/m1/s1. The Balaban J connectivity index is 2.46. The van der Waals surface area contributed by atoms with Crippen LogP contribution in [0.15, 0.2) is 41.3 Å². The molecule has 0 saturated carbocycles. The van der Waals surface area contributed by atoms with Crippen LogP contribution in [0.5, 0.6) is 0 Å². The highest BCUT2D eigenvalue weighted by molar-refractivity contribution is 7.89. The van der Waals surface area contributed by atoms with E-state index in [4.69, 9.17) is 4.74 Å². The highest BCUT2D eigenvalue weighted by Crippen LogP contribution is 2.32. The van der Waals surface area contributed by atoms with Crippen LogP contribution in [0.25, 0.3) is 0 Å². The van der Waals surface area contributed by atoms with Crippen LogP contribution in [0, 0.1) is 6.92 Å². The van der Waals surface area contributed by atoms with Crippen molar-refractivity contribution in [1.82, 2.24) is 4.31 Å². The Morgan fingerprint density at radius 1 is 1.27 bits per heavy atom. The quantitative estimate of drug-likeness (QED) is 0.630. The first kappa shape index (κ1) is 16.7. The number of hydrogen-bond acceptors (Lipinski definition) is 4. The first-order valence-electron chi connectivity index (χ1n) is 7.22. The Morgan fingerprint density at radius 2 is 1.91 bits per heavy atom. The van der Waals surface area contributed by atoms with E-state index in [2.05, 4.69) is 0 Å². The van der Waals surface area contributed by atoms with Crippen LogP contribution in [0.2, 0.25) is 0 Å². The van der Waals surface area contributed by atoms with E-state index in [1.54, 1.807) is 24.3 Å². The number of rotatable bonds is 4. The molecule has 1 aliphatic heterocycles. The number of carbonyl (C=O) groups excluding carboxylic acids is 1. The van der Waals surface area contributed by atoms with Gasteiger partial charge < -0.3 is 4.74 Å². The summed E-state index contributed by atoms with van der Waals surface area (Å²) in [4.78, 5) is 12.2. The molecule has 1 fully saturated rings. The van der Waals surface area contributed by atoms with Gasteiger partial charge in [-0.2, -0.15) is 4.31 Å². The molecule has 1 heterocycles. The SMILES string of the molecule is C/C=C/[C@@H]1CC[C@@H](C(=O)OC)N1S(=O)(=O)c1ccc(C)cc1. The molecule has 22 heavy (non-hydrogen) atoms. The predicted molar refractivity (Wildman–Crippen MR) is 83.8 cm³/mol. The zero-order valence-corrected chi connectivity index (χ0v) is 13.8. The molecule has 6 heteroatoms. The third kappa shape index (κ3) is 3.08. The van der Waals surface area contributed by atoms with Gasteiger partial charge in [0.05, 0.1) is 12.0 Å². The van der Waals surface area contributed by atoms with E-state index >= 15 is 0 Å². The van der Waals surface area contributed by atoms with E-state index in [0.29, 0.717) is 12.8 Å². The fraction of sp³-hybridized carbons (Fsp3) is 0.438. The van der Waals surface area contributed by atoms with Gasteiger partial charge in [0.2, 0.25) is 10.0 Å². The Morgan fingerprint density at radius 3 is 2.45 bits per heavy atom. The molecule has 120 valence electrons. The first-order chi connectivity index (χ1) is 10.4. The minimum Gasteiger partial charge on any atom is -0.468 e. The normalized spacial score (nSPS) is 23.0. The van der Waals surface area contributed by atoms with Crippen molar-refractivity contribution in [3.8, 4) is 0 Å². The Hall–Kier alpha value is -1.66. The summed E-state index contributed by atoms with van der Waals surface area (Å²) in [6, 6.07) is 5.56. The van der Waals surface area contributed by atoms with E-state index in [1.807, 2.05) is 26.0 Å². The van der Waals surface area contributed by atoms with E-state index in [0.717, 1.165) is 5.56 Å². The monoisotopic (exact) mass is 323 g/mol. The molecule has 2 atom stereocenters. The molecule has 1 aromatic carbocycles. The Bertz CT molecular complexity index is 664. The zero-order chi connectivity index (χ0) is 16.3. The highest BCUT2D eigenvalue weighted by Gasteiger charge is 2.45. The number of carbonyl (C=O) groups is 1. The van der Waals surface area contributed by atoms with Gasteiger partial charge in [0.25, 0.3) is 0 Å². The molecule has 1 saturated heterocycles. The number of sulfonamides is 1. The number of methoxy groups -OCH3 is 1. The molecule has 0 N–H and O–H groups in total. The summed E-state index contributed by atoms with van der Waals surface area (Å²) >= 11 is 0. The number of hydrogen-bond donors (Lipinski definition) is 0. The van der Waals surface area contributed by atoms with Gasteiger partial charge in [-0.25, -0.2) is 8.42 Å². The summed E-state index contributed by atoms with van der Waals surface area (Å²) in [5.74, 6) is -0.511. The minimum absolute atomic E-state index is 0.198. The topological polar surface area (TPSA) is 63.7 Å². The average molecular weight is 323 g/mol. The van der Waals surface area contributed by atoms with E-state index in [-0.39, 0.29) is 10.9 Å². The van der Waals surface area contributed by atoms with Crippen LogP contribution >= 0.6 is 0 Å². The first-order valence-corrected chi connectivity index (χ1v) is 8.66. The van der Waals surface area contributed by atoms with Gasteiger partial charge in [-0.05, 0) is 38.8 Å². The van der Waals surface area contributed by atoms with E-state index in [9.17, 15) is 13.2 Å². The van der Waals surface area contributed by atoms with Gasteiger partial charge in [-0.1, -0.05) is 29.8 Å². The van der Waals surface area contributed by atoms with Crippen molar-refractivity contribution < 1.29 is 17.9 Å². The van der Waals surface area contributed by atoms with Crippen molar-refractivity contribution >= 4 is 16.0 Å². The molecule has 5 nitrogen and oxygen atoms in total. The van der Waals surface area contributed by atoms with Gasteiger partial charge in [-0.3, -0.25) is 4.79 Å². The van der Waals surface area contributed by atoms with Crippen LogP contribution in [-0.2, 0) is 19.6 Å². The summed E-state index contributed by atoms with van der Waals surface area (Å²) < 4.78 is 31.9. The number of nitrogens with zero attached hydrogens (tertiary/aromatic N) is 1. The zero-order valence-electron chi connectivity index (χ0n) is 13.0. The summed E-state index contributed by atoms with van der Waals surface area (Å²) in [7, 11) is -2.47. The van der Waals surface area contributed by atoms with Gasteiger partial charge in [-0.15, -0.1) is 0 Å². The second-order valence-corrected chi connectivity index (χ2v) is 7.20. The second kappa shape index (κ2) is 6.62. The van der Waals surface area contributed by atoms with Gasteiger partial charge in [0.1, 0.15) is 6.04 Å². The largest absolute Gasteiger partial charge is 0.468 e. The van der Waals surface area contributed by atoms with Gasteiger partial charge >= 0.3 is 5.97 Å². The van der Waals surface area contributed by atoms with E-state index < -0.39 is 22.0 Å². The van der Waals surface area contributed by atoms with Crippen molar-refractivity contribution in [2.24, 2.45) is 0 Å². The van der Waals surface area contributed by atoms with Crippen LogP contribution in [0.4, 0.5) is 0 Å². The minimum atomic E-state index is -3.75. The molecule has 0 radical (unpaired) electrons. The van der Waals surface area contributed by atoms with Crippen molar-refractivity contribution in [3.05, 3.63) is 42.0 Å². The van der Waals surface area contributed by atoms with Gasteiger partial charge in [0.15, 0.2) is 0 Å². The van der Waals surface area contributed by atoms with Crippen LogP contribution in [0.1, 0.15) is 25.3 Å². The van der Waals surface area contributed by atoms with E-state index in [1.165, 1.54) is 11.4 Å². The summed E-state index contributed by atoms with van der Waals surface area (Å²) in [5.41, 5.74) is 0.981. The molecule has 0 amide bonds. The second-order valence-electron chi connectivity index (χ2n) is 5.36. The van der Waals surface area contributed by atoms with Crippen LogP contribution in [0.3, 0.4) is 0 Å². The lowest BCUT2D eigenvalue weighted by molar-refractivity contribution is -0.144. The molecule has 1 aliphatic rings. The van der Waals surface area contributed by atoms with Crippen LogP contribution < -0.4 is 0 Å². The van der Waals surface area contributed by atoms with Gasteiger partial charge in [0, 0.05) is 6.04 Å². The maximum Gasteiger partial charge on any atom is 0.324 e. The predicted octanol–water partition coefficient (Wildman–Crippen LogP) is 2.27. The number of esters is 1. The van der Waals surface area contributed by atoms with Crippen LogP contribution in [-0.4, -0.2) is 37.9 Å². The lowest BCUT2D eigenvalue weighted by Crippen LogP contribution is -2.44. The Kier molecular flexibility index (Phi) is 5.03. The summed E-state index contributed by atoms with van der Waals surface area (Å²) in [6.07, 6.45) is 4.69. The number of ether oxygens (including phenoxy) is 1. The highest BCUT2D eigenvalue weighted by atomic mass is 32.2. The molecule has 0 unspecified atom stereocenters. The van der Waals surface area contributed by atoms with Crippen molar-refractivity contribution in [1.29, 1.82) is 0 Å². The molecule has 0 aromatic heterocycles. The number of benzene rings is 1. The lowest BCUT2D eigenvalue weighted by atomic mass is 10.2. The molecular formula is C16H21NO4S. The third-order valence-electron chi connectivity index (χ3n) is 3.85. The molecule has 2 rings (SSSR count). The number of allylic oxidation sites excluding steroid dienone is 1. The maximum absolute atomic E-state index is 12.9. The molecule has 0 spiro atoms. The molecule has 0 aliphatic carbocycles. The molecule has 0 bridgehead atoms. The lowest BCUT2D eigenvalue weighted by Gasteiger charge is -2.26. The summed E-state index contributed by atoms with van der Waals surface area (Å²) in [5, 5.41) is 0. The summed E-state index contributed by atoms with van der Waals surface area (Å²) in [6.45, 7) is 3.73. The maximum atomic E-state index is 12.9. The molecule has 1 aromatic rings. The average Bonchev–Trinajstić information content (AvgIpc) is 2.92. The van der Waals surface area contributed by atoms with Crippen molar-refractivity contribution in [2.45, 2.75) is 43.7 Å². The smallest absolute Gasteiger partial charge is 0.324 e. The fourth-order valence-corrected chi connectivity index (χ4v) is 4.54. The fourth-order valence-electron chi connectivity index (χ4n) is 2.75. The Labute approximate surface area is 131 Å². The van der Waals surface area contributed by atoms with Crippen molar-refractivity contribution in [3.63, 3.8) is 0 Å². The molecular weight excluding hydrogens is 302 g/mol. The number of aryl methyl sites for hydroxylation is 1. The van der Waals surface area contributed by atoms with Crippen molar-refractivity contribution in [2.75, 3.05) is 7.11 Å².